The summed E-state index contributed by atoms with van der Waals surface area (Å²) in [6.07, 6.45) is 2.81. The minimum Gasteiger partial charge on any atom is -0.490 e. The molecule has 16 heavy (non-hydrogen) atoms. The van der Waals surface area contributed by atoms with Crippen molar-refractivity contribution in [3.63, 3.8) is 0 Å². The molecule has 0 aliphatic heterocycles. The Hall–Kier alpha value is -1.62. The van der Waals surface area contributed by atoms with Gasteiger partial charge in [-0.3, -0.25) is 10.1 Å². The van der Waals surface area contributed by atoms with Crippen LogP contribution in [0.3, 0.4) is 0 Å². The molecule has 0 aliphatic rings. The van der Waals surface area contributed by atoms with E-state index < -0.39 is 4.92 Å². The number of nitrogens with two attached hydrogens (primary N) is 1. The van der Waals surface area contributed by atoms with Crippen molar-refractivity contribution < 1.29 is 9.66 Å². The van der Waals surface area contributed by atoms with Gasteiger partial charge < -0.3 is 10.5 Å². The van der Waals surface area contributed by atoms with Gasteiger partial charge in [0.2, 0.25) is 0 Å². The van der Waals surface area contributed by atoms with Gasteiger partial charge in [-0.1, -0.05) is 6.07 Å². The van der Waals surface area contributed by atoms with Crippen LogP contribution in [0.1, 0.15) is 18.4 Å². The van der Waals surface area contributed by atoms with E-state index in [4.69, 9.17) is 10.5 Å². The maximum absolute atomic E-state index is 10.7. The highest BCUT2D eigenvalue weighted by Crippen LogP contribution is 2.27. The number of nitro groups is 1. The molecular formula is C11H16N2O3. The minimum atomic E-state index is -0.442. The monoisotopic (exact) mass is 224 g/mol. The zero-order chi connectivity index (χ0) is 12.0. The average Bonchev–Trinajstić information content (AvgIpc) is 2.29. The second kappa shape index (κ2) is 6.07. The molecule has 0 unspecified atom stereocenters. The molecule has 0 bridgehead atoms. The predicted molar refractivity (Wildman–Crippen MR) is 61.6 cm³/mol. The van der Waals surface area contributed by atoms with Crippen molar-refractivity contribution in [2.45, 2.75) is 19.3 Å². The van der Waals surface area contributed by atoms with Crippen LogP contribution in [0.5, 0.6) is 5.75 Å². The third-order valence-electron chi connectivity index (χ3n) is 2.36. The Kier molecular flexibility index (Phi) is 4.72. The first-order valence-electron chi connectivity index (χ1n) is 5.20. The lowest BCUT2D eigenvalue weighted by Crippen LogP contribution is -1.99. The second-order valence-electron chi connectivity index (χ2n) is 3.51. The van der Waals surface area contributed by atoms with E-state index in [1.807, 2.05) is 0 Å². The van der Waals surface area contributed by atoms with E-state index in [1.54, 1.807) is 12.1 Å². The summed E-state index contributed by atoms with van der Waals surface area (Å²) in [5.41, 5.74) is 6.44. The van der Waals surface area contributed by atoms with Crippen LogP contribution in [-0.4, -0.2) is 18.6 Å². The Balaban J connectivity index is 2.78. The highest BCUT2D eigenvalue weighted by molar-refractivity contribution is 5.48. The van der Waals surface area contributed by atoms with Crippen LogP contribution in [0.25, 0.3) is 0 Å². The molecule has 88 valence electrons. The Morgan fingerprint density at radius 2 is 2.19 bits per heavy atom. The zero-order valence-corrected chi connectivity index (χ0v) is 9.31. The van der Waals surface area contributed by atoms with Gasteiger partial charge in [-0.15, -0.1) is 0 Å². The molecule has 0 aliphatic carbocycles. The molecule has 2 N–H and O–H groups in total. The van der Waals surface area contributed by atoms with Crippen molar-refractivity contribution in [2.24, 2.45) is 5.73 Å². The summed E-state index contributed by atoms with van der Waals surface area (Å²) in [5.74, 6) is 0.315. The average molecular weight is 224 g/mol. The Morgan fingerprint density at radius 1 is 1.44 bits per heavy atom. The van der Waals surface area contributed by atoms with E-state index in [1.165, 1.54) is 13.2 Å². The number of nitrogens with zero attached hydrogens (tertiary/aromatic N) is 1. The van der Waals surface area contributed by atoms with Crippen molar-refractivity contribution in [2.75, 3.05) is 13.7 Å². The van der Waals surface area contributed by atoms with E-state index >= 15 is 0 Å². The van der Waals surface area contributed by atoms with E-state index in [2.05, 4.69) is 0 Å². The van der Waals surface area contributed by atoms with Crippen molar-refractivity contribution in [1.29, 1.82) is 0 Å². The molecule has 0 atom stereocenters. The highest BCUT2D eigenvalue weighted by Gasteiger charge is 2.14. The fraction of sp³-hybridized carbons (Fsp3) is 0.455. The van der Waals surface area contributed by atoms with E-state index in [-0.39, 0.29) is 5.69 Å². The second-order valence-corrected chi connectivity index (χ2v) is 3.51. The van der Waals surface area contributed by atoms with Crippen LogP contribution in [0, 0.1) is 10.1 Å². The fourth-order valence-electron chi connectivity index (χ4n) is 1.50. The van der Waals surface area contributed by atoms with E-state index in [0.29, 0.717) is 12.3 Å². The largest absolute Gasteiger partial charge is 0.490 e. The van der Waals surface area contributed by atoms with Crippen LogP contribution in [0.15, 0.2) is 18.2 Å². The number of nitro benzene ring substituents is 1. The molecule has 0 aromatic heterocycles. The standard InChI is InChI=1S/C11H16N2O3/c1-16-11-8-9(4-2-3-7-12)5-6-10(11)13(14)15/h5-6,8H,2-4,7,12H2,1H3. The van der Waals surface area contributed by atoms with E-state index in [9.17, 15) is 10.1 Å². The van der Waals surface area contributed by atoms with Gasteiger partial charge in [-0.25, -0.2) is 0 Å². The number of aryl methyl sites for hydroxylation is 1. The Labute approximate surface area is 94.4 Å². The molecule has 5 nitrogen and oxygen atoms in total. The smallest absolute Gasteiger partial charge is 0.310 e. The summed E-state index contributed by atoms with van der Waals surface area (Å²) in [5, 5.41) is 10.7. The van der Waals surface area contributed by atoms with Gasteiger partial charge in [-0.2, -0.15) is 0 Å². The Bertz CT molecular complexity index is 366. The maximum atomic E-state index is 10.7. The maximum Gasteiger partial charge on any atom is 0.310 e. The molecule has 1 rings (SSSR count). The summed E-state index contributed by atoms with van der Waals surface area (Å²) < 4.78 is 4.99. The molecule has 0 heterocycles. The fourth-order valence-corrected chi connectivity index (χ4v) is 1.50. The van der Waals surface area contributed by atoms with Crippen molar-refractivity contribution in [3.05, 3.63) is 33.9 Å². The summed E-state index contributed by atoms with van der Waals surface area (Å²) in [4.78, 5) is 10.2. The molecule has 0 amide bonds. The topological polar surface area (TPSA) is 78.4 Å². The number of rotatable bonds is 6. The van der Waals surface area contributed by atoms with Gasteiger partial charge in [-0.05, 0) is 37.4 Å². The molecule has 0 spiro atoms. The molecule has 5 heteroatoms. The van der Waals surface area contributed by atoms with Gasteiger partial charge in [0.15, 0.2) is 5.75 Å². The van der Waals surface area contributed by atoms with Crippen molar-refractivity contribution in [1.82, 2.24) is 0 Å². The lowest BCUT2D eigenvalue weighted by Gasteiger charge is -2.05. The molecule has 0 fully saturated rings. The Morgan fingerprint density at radius 3 is 2.75 bits per heavy atom. The third-order valence-corrected chi connectivity index (χ3v) is 2.36. The van der Waals surface area contributed by atoms with Gasteiger partial charge in [0.25, 0.3) is 0 Å². The van der Waals surface area contributed by atoms with Crippen LogP contribution >= 0.6 is 0 Å². The summed E-state index contributed by atoms with van der Waals surface area (Å²) in [6, 6.07) is 4.96. The number of hydrogen-bond donors (Lipinski definition) is 1. The summed E-state index contributed by atoms with van der Waals surface area (Å²) >= 11 is 0. The molecule has 0 saturated carbocycles. The minimum absolute atomic E-state index is 0.00470. The SMILES string of the molecule is COc1cc(CCCCN)ccc1[N+](=O)[O-]. The first-order chi connectivity index (χ1) is 7.69. The first kappa shape index (κ1) is 12.4. The highest BCUT2D eigenvalue weighted by atomic mass is 16.6. The van der Waals surface area contributed by atoms with Gasteiger partial charge in [0.05, 0.1) is 12.0 Å². The van der Waals surface area contributed by atoms with E-state index in [0.717, 1.165) is 24.8 Å². The molecular weight excluding hydrogens is 208 g/mol. The quantitative estimate of drug-likeness (QED) is 0.454. The molecule has 1 aromatic rings. The summed E-state index contributed by atoms with van der Waals surface area (Å²) in [6.45, 7) is 0.671. The van der Waals surface area contributed by atoms with Gasteiger partial charge in [0.1, 0.15) is 0 Å². The molecule has 1 aromatic carbocycles. The normalized spacial score (nSPS) is 10.1. The predicted octanol–water partition coefficient (Wildman–Crippen LogP) is 1.88. The number of ether oxygens (including phenoxy) is 1. The lowest BCUT2D eigenvalue weighted by atomic mass is 10.1. The van der Waals surface area contributed by atoms with Crippen LogP contribution in [0.2, 0.25) is 0 Å². The number of unbranched alkanes of at least 4 members (excludes halogenated alkanes) is 1. The lowest BCUT2D eigenvalue weighted by molar-refractivity contribution is -0.385. The summed E-state index contributed by atoms with van der Waals surface area (Å²) in [7, 11) is 1.44. The van der Waals surface area contributed by atoms with Gasteiger partial charge >= 0.3 is 5.69 Å². The zero-order valence-electron chi connectivity index (χ0n) is 9.31. The molecule has 0 radical (unpaired) electrons. The third kappa shape index (κ3) is 3.20. The van der Waals surface area contributed by atoms with Crippen molar-refractivity contribution >= 4 is 5.69 Å². The van der Waals surface area contributed by atoms with Crippen LogP contribution < -0.4 is 10.5 Å². The number of benzene rings is 1. The molecule has 0 saturated heterocycles. The van der Waals surface area contributed by atoms with Crippen LogP contribution in [-0.2, 0) is 6.42 Å². The first-order valence-corrected chi connectivity index (χ1v) is 5.20. The number of methoxy groups -OCH3 is 1. The number of hydrogen-bond acceptors (Lipinski definition) is 4. The van der Waals surface area contributed by atoms with Gasteiger partial charge in [0, 0.05) is 6.07 Å². The van der Waals surface area contributed by atoms with Crippen LogP contribution in [0.4, 0.5) is 5.69 Å². The van der Waals surface area contributed by atoms with Crippen molar-refractivity contribution in [3.8, 4) is 5.75 Å².